The molecule has 1 aromatic rings. The van der Waals surface area contributed by atoms with Crippen LogP contribution in [0.25, 0.3) is 0 Å². The highest BCUT2D eigenvalue weighted by molar-refractivity contribution is 5.77. The van der Waals surface area contributed by atoms with Crippen LogP contribution in [0.4, 0.5) is 0 Å². The van der Waals surface area contributed by atoms with Crippen LogP contribution in [0.5, 0.6) is 5.75 Å². The van der Waals surface area contributed by atoms with Crippen molar-refractivity contribution in [3.05, 3.63) is 29.8 Å². The fourth-order valence-electron chi connectivity index (χ4n) is 1.97. The van der Waals surface area contributed by atoms with E-state index >= 15 is 0 Å². The van der Waals surface area contributed by atoms with Crippen molar-refractivity contribution in [3.8, 4) is 5.75 Å². The van der Waals surface area contributed by atoms with E-state index in [4.69, 9.17) is 4.74 Å². The molecule has 0 aliphatic rings. The Balaban J connectivity index is 2.41. The molecule has 0 radical (unpaired) electrons. The second-order valence-electron chi connectivity index (χ2n) is 5.40. The van der Waals surface area contributed by atoms with E-state index in [1.807, 2.05) is 19.1 Å². The molecule has 0 aliphatic carbocycles. The zero-order valence-electron chi connectivity index (χ0n) is 13.7. The van der Waals surface area contributed by atoms with Gasteiger partial charge in [0.15, 0.2) is 6.61 Å². The first-order chi connectivity index (χ1) is 10.1. The van der Waals surface area contributed by atoms with Crippen LogP contribution in [0.3, 0.4) is 0 Å². The summed E-state index contributed by atoms with van der Waals surface area (Å²) in [5.41, 5.74) is 1.27. The third-order valence-electron chi connectivity index (χ3n) is 3.47. The lowest BCUT2D eigenvalue weighted by molar-refractivity contribution is -0.131. The summed E-state index contributed by atoms with van der Waals surface area (Å²) in [6, 6.07) is 8.46. The largest absolute Gasteiger partial charge is 0.484 e. The first kappa shape index (κ1) is 17.5. The maximum absolute atomic E-state index is 11.7. The number of nitrogens with one attached hydrogen (secondary N) is 1. The Labute approximate surface area is 128 Å². The van der Waals surface area contributed by atoms with E-state index in [-0.39, 0.29) is 12.5 Å². The number of amides is 1. The quantitative estimate of drug-likeness (QED) is 0.760. The lowest BCUT2D eigenvalue weighted by atomic mass is 10.1. The van der Waals surface area contributed by atoms with Crippen LogP contribution in [0, 0.1) is 0 Å². The number of carbonyl (C=O) groups is 1. The summed E-state index contributed by atoms with van der Waals surface area (Å²) in [6.45, 7) is 8.15. The third kappa shape index (κ3) is 6.63. The van der Waals surface area contributed by atoms with Crippen LogP contribution in [-0.4, -0.2) is 43.6 Å². The van der Waals surface area contributed by atoms with Gasteiger partial charge in [0, 0.05) is 19.6 Å². The Morgan fingerprint density at radius 1 is 1.29 bits per heavy atom. The van der Waals surface area contributed by atoms with E-state index in [0.29, 0.717) is 12.6 Å². The summed E-state index contributed by atoms with van der Waals surface area (Å²) in [5, 5.41) is 3.47. The molecule has 118 valence electrons. The predicted molar refractivity (Wildman–Crippen MR) is 86.7 cm³/mol. The van der Waals surface area contributed by atoms with Crippen molar-refractivity contribution >= 4 is 5.91 Å². The molecule has 0 heterocycles. The summed E-state index contributed by atoms with van der Waals surface area (Å²) in [5.74, 6) is 0.740. The van der Waals surface area contributed by atoms with E-state index in [1.54, 1.807) is 11.9 Å². The summed E-state index contributed by atoms with van der Waals surface area (Å²) in [6.07, 6.45) is 2.15. The molecule has 0 bridgehead atoms. The average Bonchev–Trinajstić information content (AvgIpc) is 2.51. The number of rotatable bonds is 9. The van der Waals surface area contributed by atoms with Crippen molar-refractivity contribution < 1.29 is 9.53 Å². The van der Waals surface area contributed by atoms with Gasteiger partial charge in [0.1, 0.15) is 5.75 Å². The Bertz CT molecular complexity index is 417. The molecule has 1 rings (SSSR count). The zero-order chi connectivity index (χ0) is 15.7. The number of nitrogens with zero attached hydrogens (tertiary/aromatic N) is 1. The average molecular weight is 292 g/mol. The smallest absolute Gasteiger partial charge is 0.260 e. The van der Waals surface area contributed by atoms with E-state index in [2.05, 4.69) is 31.3 Å². The molecule has 1 aromatic carbocycles. The summed E-state index contributed by atoms with van der Waals surface area (Å²) >= 11 is 0. The van der Waals surface area contributed by atoms with Crippen LogP contribution in [-0.2, 0) is 11.2 Å². The highest BCUT2D eigenvalue weighted by Gasteiger charge is 2.07. The maximum Gasteiger partial charge on any atom is 0.260 e. The van der Waals surface area contributed by atoms with Gasteiger partial charge in [-0.25, -0.2) is 0 Å². The van der Waals surface area contributed by atoms with Gasteiger partial charge in [0.2, 0.25) is 0 Å². The molecule has 21 heavy (non-hydrogen) atoms. The number of benzene rings is 1. The molecule has 4 heteroatoms. The monoisotopic (exact) mass is 292 g/mol. The third-order valence-corrected chi connectivity index (χ3v) is 3.47. The van der Waals surface area contributed by atoms with E-state index in [9.17, 15) is 4.79 Å². The van der Waals surface area contributed by atoms with Crippen molar-refractivity contribution in [1.29, 1.82) is 0 Å². The molecule has 0 saturated heterocycles. The Kier molecular flexibility index (Phi) is 7.83. The van der Waals surface area contributed by atoms with E-state index in [1.165, 1.54) is 5.56 Å². The van der Waals surface area contributed by atoms with Crippen molar-refractivity contribution in [2.24, 2.45) is 0 Å². The van der Waals surface area contributed by atoms with Gasteiger partial charge >= 0.3 is 0 Å². The van der Waals surface area contributed by atoms with Gasteiger partial charge in [-0.1, -0.05) is 19.1 Å². The second kappa shape index (κ2) is 9.40. The molecule has 1 unspecified atom stereocenters. The number of hydrogen-bond acceptors (Lipinski definition) is 3. The number of hydrogen-bond donors (Lipinski definition) is 1. The molecular weight excluding hydrogens is 264 g/mol. The van der Waals surface area contributed by atoms with Gasteiger partial charge in [0.25, 0.3) is 5.91 Å². The highest BCUT2D eigenvalue weighted by atomic mass is 16.5. The predicted octanol–water partition coefficient (Wildman–Crippen LogP) is 2.47. The molecular formula is C17H28N2O2. The zero-order valence-corrected chi connectivity index (χ0v) is 13.7. The highest BCUT2D eigenvalue weighted by Crippen LogP contribution is 2.13. The number of likely N-dealkylation sites (N-methyl/N-ethyl adjacent to an activating group) is 1. The van der Waals surface area contributed by atoms with E-state index in [0.717, 1.165) is 25.1 Å². The maximum atomic E-state index is 11.7. The first-order valence-electron chi connectivity index (χ1n) is 7.75. The molecule has 1 atom stereocenters. The topological polar surface area (TPSA) is 41.6 Å². The van der Waals surface area contributed by atoms with Crippen molar-refractivity contribution in [3.63, 3.8) is 0 Å². The lowest BCUT2D eigenvalue weighted by Crippen LogP contribution is -2.31. The Morgan fingerprint density at radius 3 is 2.52 bits per heavy atom. The summed E-state index contributed by atoms with van der Waals surface area (Å²) < 4.78 is 5.51. The standard InChI is InChI=1S/C17H28N2O2/c1-5-11-18-14(3)12-15-7-9-16(10-8-15)21-13-17(20)19(4)6-2/h7-10,14,18H,5-6,11-13H2,1-4H3. The molecule has 0 saturated carbocycles. The summed E-state index contributed by atoms with van der Waals surface area (Å²) in [4.78, 5) is 13.3. The summed E-state index contributed by atoms with van der Waals surface area (Å²) in [7, 11) is 1.78. The minimum absolute atomic E-state index is 0.000959. The van der Waals surface area contributed by atoms with Crippen LogP contribution < -0.4 is 10.1 Å². The number of carbonyl (C=O) groups excluding carboxylic acids is 1. The molecule has 0 aliphatic heterocycles. The van der Waals surface area contributed by atoms with E-state index < -0.39 is 0 Å². The van der Waals surface area contributed by atoms with Crippen LogP contribution in [0.2, 0.25) is 0 Å². The molecule has 4 nitrogen and oxygen atoms in total. The number of ether oxygens (including phenoxy) is 1. The molecule has 1 amide bonds. The van der Waals surface area contributed by atoms with Gasteiger partial charge in [-0.05, 0) is 50.9 Å². The van der Waals surface area contributed by atoms with Gasteiger partial charge < -0.3 is 15.0 Å². The lowest BCUT2D eigenvalue weighted by Gasteiger charge is -2.15. The second-order valence-corrected chi connectivity index (χ2v) is 5.40. The minimum atomic E-state index is -0.000959. The van der Waals surface area contributed by atoms with Gasteiger partial charge in [-0.15, -0.1) is 0 Å². The van der Waals surface area contributed by atoms with Crippen LogP contribution >= 0.6 is 0 Å². The van der Waals surface area contributed by atoms with Gasteiger partial charge in [0.05, 0.1) is 0 Å². The molecule has 0 aromatic heterocycles. The van der Waals surface area contributed by atoms with Gasteiger partial charge in [-0.3, -0.25) is 4.79 Å². The molecule has 0 spiro atoms. The van der Waals surface area contributed by atoms with Crippen LogP contribution in [0.15, 0.2) is 24.3 Å². The SMILES string of the molecule is CCCNC(C)Cc1ccc(OCC(=O)N(C)CC)cc1. The fourth-order valence-corrected chi connectivity index (χ4v) is 1.97. The normalized spacial score (nSPS) is 12.0. The minimum Gasteiger partial charge on any atom is -0.484 e. The molecule has 0 fully saturated rings. The van der Waals surface area contributed by atoms with Crippen molar-refractivity contribution in [2.45, 2.75) is 39.7 Å². The van der Waals surface area contributed by atoms with Crippen molar-refractivity contribution in [2.75, 3.05) is 26.7 Å². The Morgan fingerprint density at radius 2 is 1.95 bits per heavy atom. The van der Waals surface area contributed by atoms with Crippen molar-refractivity contribution in [1.82, 2.24) is 10.2 Å². The van der Waals surface area contributed by atoms with Gasteiger partial charge in [-0.2, -0.15) is 0 Å². The van der Waals surface area contributed by atoms with Crippen LogP contribution in [0.1, 0.15) is 32.8 Å². The fraction of sp³-hybridized carbons (Fsp3) is 0.588. The molecule has 1 N–H and O–H groups in total. The first-order valence-corrected chi connectivity index (χ1v) is 7.75. The Hall–Kier alpha value is -1.55.